The number of imidazole rings is 1. The molecule has 1 saturated heterocycles. The molecule has 0 radical (unpaired) electrons. The maximum absolute atomic E-state index is 6.09. The highest BCUT2D eigenvalue weighted by molar-refractivity contribution is 6.16. The van der Waals surface area contributed by atoms with Crippen molar-refractivity contribution in [2.24, 2.45) is 13.0 Å². The minimum atomic E-state index is 0.445. The van der Waals surface area contributed by atoms with Crippen LogP contribution in [-0.2, 0) is 30.6 Å². The summed E-state index contributed by atoms with van der Waals surface area (Å²) in [5.74, 6) is 2.04. The maximum atomic E-state index is 6.09. The Morgan fingerprint density at radius 2 is 2.10 bits per heavy atom. The van der Waals surface area contributed by atoms with Crippen LogP contribution in [0.5, 0.6) is 0 Å². The fourth-order valence-corrected chi connectivity index (χ4v) is 3.21. The van der Waals surface area contributed by atoms with E-state index in [1.54, 1.807) is 0 Å². The summed E-state index contributed by atoms with van der Waals surface area (Å²) in [6, 6.07) is 0. The van der Waals surface area contributed by atoms with Crippen molar-refractivity contribution in [3.05, 3.63) is 11.5 Å². The summed E-state index contributed by atoms with van der Waals surface area (Å²) >= 11 is 6.09. The molecule has 2 aromatic heterocycles. The van der Waals surface area contributed by atoms with E-state index >= 15 is 0 Å². The number of aryl methyl sites for hydroxylation is 2. The molecule has 3 rings (SSSR count). The van der Waals surface area contributed by atoms with Crippen LogP contribution in [0, 0.1) is 5.92 Å². The Balaban J connectivity index is 2.00. The lowest BCUT2D eigenvalue weighted by atomic mass is 10.0. The van der Waals surface area contributed by atoms with Crippen LogP contribution < -0.4 is 0 Å². The van der Waals surface area contributed by atoms with E-state index in [4.69, 9.17) is 21.3 Å². The van der Waals surface area contributed by atoms with Gasteiger partial charge in [0.1, 0.15) is 11.3 Å². The average molecular weight is 297 g/mol. The van der Waals surface area contributed by atoms with Crippen molar-refractivity contribution >= 4 is 22.8 Å². The molecular weight excluding hydrogens is 276 g/mol. The van der Waals surface area contributed by atoms with Crippen molar-refractivity contribution in [3.8, 4) is 0 Å². The van der Waals surface area contributed by atoms with Gasteiger partial charge in [0.2, 0.25) is 0 Å². The second kappa shape index (κ2) is 5.74. The summed E-state index contributed by atoms with van der Waals surface area (Å²) in [7, 11) is 1.99. The molecule has 3 heterocycles. The molecule has 110 valence electrons. The van der Waals surface area contributed by atoms with Gasteiger partial charge >= 0.3 is 0 Å². The van der Waals surface area contributed by atoms with E-state index in [2.05, 4.69) is 16.6 Å². The normalized spacial score (nSPS) is 17.1. The van der Waals surface area contributed by atoms with Crippen LogP contribution in [0.3, 0.4) is 0 Å². The quantitative estimate of drug-likeness (QED) is 0.814. The van der Waals surface area contributed by atoms with Gasteiger partial charge in [0.15, 0.2) is 5.65 Å². The van der Waals surface area contributed by atoms with E-state index < -0.39 is 0 Å². The van der Waals surface area contributed by atoms with Crippen LogP contribution in [-0.4, -0.2) is 32.5 Å². The van der Waals surface area contributed by atoms with Crippen LogP contribution >= 0.6 is 11.6 Å². The molecule has 0 saturated carbocycles. The molecule has 0 unspecified atom stereocenters. The Kier molecular flexibility index (Phi) is 3.98. The Labute approximate surface area is 123 Å². The highest BCUT2D eigenvalue weighted by Gasteiger charge is 2.21. The molecule has 0 aromatic carbocycles. The second-order valence-electron chi connectivity index (χ2n) is 5.42. The summed E-state index contributed by atoms with van der Waals surface area (Å²) in [5, 5.41) is 4.56. The second-order valence-corrected chi connectivity index (χ2v) is 5.69. The first-order valence-electron chi connectivity index (χ1n) is 7.29. The van der Waals surface area contributed by atoms with E-state index in [0.29, 0.717) is 11.8 Å². The minimum Gasteiger partial charge on any atom is -0.381 e. The van der Waals surface area contributed by atoms with Gasteiger partial charge in [-0.15, -0.1) is 11.6 Å². The fraction of sp³-hybridized carbons (Fsp3) is 0.714. The lowest BCUT2D eigenvalue weighted by Crippen LogP contribution is -2.21. The number of halogens is 1. The molecule has 5 nitrogen and oxygen atoms in total. The van der Waals surface area contributed by atoms with Gasteiger partial charge in [-0.1, -0.05) is 6.92 Å². The van der Waals surface area contributed by atoms with Gasteiger partial charge in [-0.3, -0.25) is 4.68 Å². The van der Waals surface area contributed by atoms with Gasteiger partial charge in [0.25, 0.3) is 0 Å². The third-order valence-electron chi connectivity index (χ3n) is 4.11. The van der Waals surface area contributed by atoms with E-state index in [1.807, 2.05) is 11.7 Å². The van der Waals surface area contributed by atoms with Crippen molar-refractivity contribution in [3.63, 3.8) is 0 Å². The zero-order chi connectivity index (χ0) is 14.1. The van der Waals surface area contributed by atoms with Gasteiger partial charge < -0.3 is 9.30 Å². The number of aromatic nitrogens is 4. The predicted molar refractivity (Wildman–Crippen MR) is 79.0 cm³/mol. The zero-order valence-electron chi connectivity index (χ0n) is 12.1. The first-order valence-corrected chi connectivity index (χ1v) is 7.82. The van der Waals surface area contributed by atoms with Crippen LogP contribution in [0.2, 0.25) is 0 Å². The molecule has 0 bridgehead atoms. The molecule has 1 aliphatic heterocycles. The van der Waals surface area contributed by atoms with Crippen LogP contribution in [0.4, 0.5) is 0 Å². The largest absolute Gasteiger partial charge is 0.381 e. The number of fused-ring (bicyclic) bond motifs is 1. The summed E-state index contributed by atoms with van der Waals surface area (Å²) in [4.78, 5) is 4.70. The van der Waals surface area contributed by atoms with Crippen LogP contribution in [0.25, 0.3) is 11.2 Å². The fourth-order valence-electron chi connectivity index (χ4n) is 3.01. The van der Waals surface area contributed by atoms with Gasteiger partial charge in [0.05, 0.1) is 11.6 Å². The standard InChI is InChI=1S/C14H21ClN4O/c1-3-11-13-14(18(2)17-11)19(12(8-15)16-13)9-10-4-6-20-7-5-10/h10H,3-9H2,1-2H3. The third-order valence-corrected chi connectivity index (χ3v) is 4.35. The summed E-state index contributed by atoms with van der Waals surface area (Å²) in [5.41, 5.74) is 3.17. The molecule has 20 heavy (non-hydrogen) atoms. The molecule has 0 amide bonds. The SMILES string of the molecule is CCc1nn(C)c2c1nc(CCl)n2CC1CCOCC1. The summed E-state index contributed by atoms with van der Waals surface area (Å²) in [6.07, 6.45) is 3.12. The van der Waals surface area contributed by atoms with Gasteiger partial charge in [-0.05, 0) is 25.2 Å². The van der Waals surface area contributed by atoms with E-state index in [0.717, 1.165) is 61.7 Å². The maximum Gasteiger partial charge on any atom is 0.158 e. The summed E-state index contributed by atoms with van der Waals surface area (Å²) in [6.45, 7) is 4.80. The molecule has 0 atom stereocenters. The molecular formula is C14H21ClN4O. The minimum absolute atomic E-state index is 0.445. The molecule has 6 heteroatoms. The first kappa shape index (κ1) is 13.9. The first-order chi connectivity index (χ1) is 9.74. The molecule has 1 aliphatic rings. The van der Waals surface area contributed by atoms with Crippen LogP contribution in [0.1, 0.15) is 31.3 Å². The summed E-state index contributed by atoms with van der Waals surface area (Å²) < 4.78 is 9.64. The number of alkyl halides is 1. The lowest BCUT2D eigenvalue weighted by Gasteiger charge is -2.23. The molecule has 1 fully saturated rings. The average Bonchev–Trinajstić information content (AvgIpc) is 2.98. The smallest absolute Gasteiger partial charge is 0.158 e. The topological polar surface area (TPSA) is 44.9 Å². The van der Waals surface area contributed by atoms with Crippen molar-refractivity contribution in [2.75, 3.05) is 13.2 Å². The number of hydrogen-bond acceptors (Lipinski definition) is 3. The van der Waals surface area contributed by atoms with Crippen LogP contribution in [0.15, 0.2) is 0 Å². The number of ether oxygens (including phenoxy) is 1. The number of nitrogens with zero attached hydrogens (tertiary/aromatic N) is 4. The zero-order valence-corrected chi connectivity index (χ0v) is 12.9. The molecule has 2 aromatic rings. The Hall–Kier alpha value is -1.07. The lowest BCUT2D eigenvalue weighted by molar-refractivity contribution is 0.0613. The molecule has 0 aliphatic carbocycles. The third kappa shape index (κ3) is 2.33. The Morgan fingerprint density at radius 1 is 1.35 bits per heavy atom. The van der Waals surface area contributed by atoms with E-state index in [-0.39, 0.29) is 0 Å². The van der Waals surface area contributed by atoms with E-state index in [9.17, 15) is 0 Å². The van der Waals surface area contributed by atoms with Crippen molar-refractivity contribution in [1.82, 2.24) is 19.3 Å². The highest BCUT2D eigenvalue weighted by atomic mass is 35.5. The Morgan fingerprint density at radius 3 is 2.75 bits per heavy atom. The predicted octanol–water partition coefficient (Wildman–Crippen LogP) is 2.50. The highest BCUT2D eigenvalue weighted by Crippen LogP contribution is 2.25. The Bertz CT molecular complexity index is 598. The van der Waals surface area contributed by atoms with Gasteiger partial charge in [-0.2, -0.15) is 5.10 Å². The number of rotatable bonds is 4. The van der Waals surface area contributed by atoms with Crippen molar-refractivity contribution in [1.29, 1.82) is 0 Å². The van der Waals surface area contributed by atoms with Crippen molar-refractivity contribution < 1.29 is 4.74 Å². The number of hydrogen-bond donors (Lipinski definition) is 0. The molecule has 0 N–H and O–H groups in total. The van der Waals surface area contributed by atoms with Crippen molar-refractivity contribution in [2.45, 2.75) is 38.6 Å². The van der Waals surface area contributed by atoms with Gasteiger partial charge in [0, 0.05) is 26.8 Å². The monoisotopic (exact) mass is 296 g/mol. The van der Waals surface area contributed by atoms with Gasteiger partial charge in [-0.25, -0.2) is 4.98 Å². The molecule has 0 spiro atoms. The van der Waals surface area contributed by atoms with E-state index in [1.165, 1.54) is 0 Å².